The normalized spacial score (nSPS) is 13.5. The van der Waals surface area contributed by atoms with E-state index in [0.717, 1.165) is 29.0 Å². The molecule has 0 aliphatic heterocycles. The Morgan fingerprint density at radius 1 is 0.914 bits per heavy atom. The molecule has 0 fully saturated rings. The lowest BCUT2D eigenvalue weighted by Gasteiger charge is -2.31. The highest BCUT2D eigenvalue weighted by molar-refractivity contribution is 6.18. The van der Waals surface area contributed by atoms with Gasteiger partial charge in [0.2, 0.25) is 0 Å². The molecule has 7 heteroatoms. The summed E-state index contributed by atoms with van der Waals surface area (Å²) in [5.74, 6) is 1.09. The van der Waals surface area contributed by atoms with Gasteiger partial charge in [-0.05, 0) is 54.7 Å². The number of hydrogen-bond acceptors (Lipinski definition) is 6. The number of carbonyl (C=O) groups is 2. The van der Waals surface area contributed by atoms with Crippen LogP contribution in [-0.4, -0.2) is 43.7 Å². The Bertz CT molecular complexity index is 1000. The molecule has 0 radical (unpaired) electrons. The van der Waals surface area contributed by atoms with Crippen LogP contribution in [0.2, 0.25) is 0 Å². The SMILES string of the molecule is CCC(C)(c1ccc(OCCCOC(C)=O)c(C)c1)c1ccc(OC[C@@H](CCl)OC(C)=O)c(C)c1. The van der Waals surface area contributed by atoms with Crippen molar-refractivity contribution in [1.82, 2.24) is 0 Å². The van der Waals surface area contributed by atoms with Crippen LogP contribution in [0.1, 0.15) is 62.8 Å². The van der Waals surface area contributed by atoms with E-state index in [1.807, 2.05) is 26.0 Å². The van der Waals surface area contributed by atoms with E-state index in [1.165, 1.54) is 25.0 Å². The van der Waals surface area contributed by atoms with Crippen LogP contribution in [0, 0.1) is 13.8 Å². The van der Waals surface area contributed by atoms with Gasteiger partial charge in [-0.2, -0.15) is 0 Å². The fourth-order valence-corrected chi connectivity index (χ4v) is 4.02. The number of alkyl halides is 1. The summed E-state index contributed by atoms with van der Waals surface area (Å²) < 4.78 is 21.9. The van der Waals surface area contributed by atoms with E-state index in [9.17, 15) is 9.59 Å². The smallest absolute Gasteiger partial charge is 0.303 e. The van der Waals surface area contributed by atoms with Crippen molar-refractivity contribution in [1.29, 1.82) is 0 Å². The molecule has 35 heavy (non-hydrogen) atoms. The van der Waals surface area contributed by atoms with Crippen LogP contribution in [0.4, 0.5) is 0 Å². The van der Waals surface area contributed by atoms with Gasteiger partial charge >= 0.3 is 11.9 Å². The van der Waals surface area contributed by atoms with E-state index in [1.54, 1.807) is 0 Å². The molecule has 0 N–H and O–H groups in total. The highest BCUT2D eigenvalue weighted by Crippen LogP contribution is 2.38. The van der Waals surface area contributed by atoms with Crippen molar-refractivity contribution >= 4 is 23.5 Å². The number of halogens is 1. The first-order valence-electron chi connectivity index (χ1n) is 11.9. The maximum atomic E-state index is 11.2. The molecule has 0 bridgehead atoms. The second-order valence-corrected chi connectivity index (χ2v) is 9.19. The minimum absolute atomic E-state index is 0.176. The van der Waals surface area contributed by atoms with Crippen molar-refractivity contribution in [3.05, 3.63) is 58.7 Å². The number of carbonyl (C=O) groups excluding carboxylic acids is 2. The molecule has 0 aliphatic rings. The van der Waals surface area contributed by atoms with Gasteiger partial charge in [0.15, 0.2) is 0 Å². The van der Waals surface area contributed by atoms with Gasteiger partial charge in [-0.3, -0.25) is 9.59 Å². The first kappa shape index (κ1) is 28.5. The van der Waals surface area contributed by atoms with Gasteiger partial charge in [-0.1, -0.05) is 38.1 Å². The Kier molecular flexibility index (Phi) is 10.9. The van der Waals surface area contributed by atoms with Crippen molar-refractivity contribution in [3.8, 4) is 11.5 Å². The predicted molar refractivity (Wildman–Crippen MR) is 138 cm³/mol. The Balaban J connectivity index is 2.13. The Hall–Kier alpha value is -2.73. The zero-order chi connectivity index (χ0) is 26.0. The molecule has 0 aromatic heterocycles. The van der Waals surface area contributed by atoms with Gasteiger partial charge in [-0.15, -0.1) is 11.6 Å². The zero-order valence-electron chi connectivity index (χ0n) is 21.6. The molecule has 192 valence electrons. The highest BCUT2D eigenvalue weighted by atomic mass is 35.5. The van der Waals surface area contributed by atoms with E-state index in [-0.39, 0.29) is 29.8 Å². The summed E-state index contributed by atoms with van der Waals surface area (Å²) in [7, 11) is 0. The maximum absolute atomic E-state index is 11.2. The molecule has 0 aliphatic carbocycles. The lowest BCUT2D eigenvalue weighted by molar-refractivity contribution is -0.146. The first-order valence-corrected chi connectivity index (χ1v) is 12.5. The fraction of sp³-hybridized carbons (Fsp3) is 0.500. The molecular formula is C28H37ClO6. The molecule has 0 saturated carbocycles. The molecule has 0 amide bonds. The summed E-state index contributed by atoms with van der Waals surface area (Å²) >= 11 is 5.88. The number of rotatable bonds is 13. The summed E-state index contributed by atoms with van der Waals surface area (Å²) in [6.07, 6.45) is 1.07. The molecule has 6 nitrogen and oxygen atoms in total. The molecule has 1 unspecified atom stereocenters. The third kappa shape index (κ3) is 8.17. The van der Waals surface area contributed by atoms with Crippen LogP contribution in [-0.2, 0) is 24.5 Å². The minimum Gasteiger partial charge on any atom is -0.493 e. The van der Waals surface area contributed by atoms with Crippen molar-refractivity contribution < 1.29 is 28.5 Å². The van der Waals surface area contributed by atoms with Gasteiger partial charge in [0.25, 0.3) is 0 Å². The Morgan fingerprint density at radius 2 is 1.49 bits per heavy atom. The topological polar surface area (TPSA) is 71.1 Å². The largest absolute Gasteiger partial charge is 0.493 e. The second-order valence-electron chi connectivity index (χ2n) is 8.89. The van der Waals surface area contributed by atoms with Crippen molar-refractivity contribution in [2.45, 2.75) is 65.9 Å². The van der Waals surface area contributed by atoms with E-state index in [0.29, 0.717) is 19.6 Å². The van der Waals surface area contributed by atoms with Crippen molar-refractivity contribution in [2.24, 2.45) is 0 Å². The van der Waals surface area contributed by atoms with Gasteiger partial charge in [-0.25, -0.2) is 0 Å². The predicted octanol–water partition coefficient (Wildman–Crippen LogP) is 5.90. The van der Waals surface area contributed by atoms with Crippen LogP contribution >= 0.6 is 11.6 Å². The van der Waals surface area contributed by atoms with Gasteiger partial charge in [0.1, 0.15) is 24.2 Å². The average Bonchev–Trinajstić information content (AvgIpc) is 2.81. The number of aryl methyl sites for hydroxylation is 2. The monoisotopic (exact) mass is 504 g/mol. The standard InChI is InChI=1S/C28H37ClO6/c1-7-28(6,23-9-11-26(19(2)15-23)33-14-8-13-32-21(4)30)24-10-12-27(20(3)16-24)34-18-25(17-29)35-22(5)31/h9-12,15-16,25H,7-8,13-14,17-18H2,1-6H3/t25-,28?/m1/s1. The summed E-state index contributed by atoms with van der Waals surface area (Å²) in [5.41, 5.74) is 4.26. The molecule has 2 aromatic carbocycles. The van der Waals surface area contributed by atoms with Gasteiger partial charge in [0.05, 0.1) is 19.1 Å². The summed E-state index contributed by atoms with van der Waals surface area (Å²) in [4.78, 5) is 22.1. The van der Waals surface area contributed by atoms with E-state index < -0.39 is 6.10 Å². The van der Waals surface area contributed by atoms with Gasteiger partial charge in [0, 0.05) is 25.7 Å². The lowest BCUT2D eigenvalue weighted by Crippen LogP contribution is -2.26. The average molecular weight is 505 g/mol. The minimum atomic E-state index is -0.487. The van der Waals surface area contributed by atoms with Crippen LogP contribution in [0.5, 0.6) is 11.5 Å². The molecule has 0 spiro atoms. The molecule has 2 atom stereocenters. The number of ether oxygens (including phenoxy) is 4. The molecule has 2 rings (SSSR count). The van der Waals surface area contributed by atoms with Crippen LogP contribution in [0.3, 0.4) is 0 Å². The molecule has 2 aromatic rings. The maximum Gasteiger partial charge on any atom is 0.303 e. The Morgan fingerprint density at radius 3 is 1.94 bits per heavy atom. The van der Waals surface area contributed by atoms with E-state index in [4.69, 9.17) is 30.5 Å². The molecule has 0 heterocycles. The fourth-order valence-electron chi connectivity index (χ4n) is 3.87. The summed E-state index contributed by atoms with van der Waals surface area (Å²) in [6, 6.07) is 12.5. The van der Waals surface area contributed by atoms with Crippen LogP contribution in [0.15, 0.2) is 36.4 Å². The zero-order valence-corrected chi connectivity index (χ0v) is 22.4. The van der Waals surface area contributed by atoms with E-state index >= 15 is 0 Å². The summed E-state index contributed by atoms with van der Waals surface area (Å²) in [5, 5.41) is 0. The molecular weight excluding hydrogens is 468 g/mol. The third-order valence-electron chi connectivity index (χ3n) is 6.11. The van der Waals surface area contributed by atoms with Crippen LogP contribution < -0.4 is 9.47 Å². The first-order chi connectivity index (χ1) is 16.6. The quantitative estimate of drug-likeness (QED) is 0.192. The number of benzene rings is 2. The summed E-state index contributed by atoms with van der Waals surface area (Å²) in [6.45, 7) is 12.3. The van der Waals surface area contributed by atoms with Crippen molar-refractivity contribution in [2.75, 3.05) is 25.7 Å². The number of esters is 2. The van der Waals surface area contributed by atoms with Crippen LogP contribution in [0.25, 0.3) is 0 Å². The third-order valence-corrected chi connectivity index (χ3v) is 6.46. The molecule has 0 saturated heterocycles. The van der Waals surface area contributed by atoms with Gasteiger partial charge < -0.3 is 18.9 Å². The van der Waals surface area contributed by atoms with E-state index in [2.05, 4.69) is 38.1 Å². The second kappa shape index (κ2) is 13.4. The number of hydrogen-bond donors (Lipinski definition) is 0. The Labute approximate surface area is 213 Å². The lowest BCUT2D eigenvalue weighted by atomic mass is 9.73. The highest BCUT2D eigenvalue weighted by Gasteiger charge is 2.28. The van der Waals surface area contributed by atoms with Crippen molar-refractivity contribution in [3.63, 3.8) is 0 Å².